The van der Waals surface area contributed by atoms with Crippen LogP contribution in [0.4, 0.5) is 22.0 Å². The Morgan fingerprint density at radius 1 is 1.00 bits per heavy atom. The number of unbranched alkanes of at least 4 members (excludes halogenated alkanes) is 2. The summed E-state index contributed by atoms with van der Waals surface area (Å²) in [5.41, 5.74) is 0. The number of carbonyl (C=O) groups is 2. The Morgan fingerprint density at radius 3 is 2.09 bits per heavy atom. The normalized spacial score (nSPS) is 13.5. The number of carbonyl (C=O) groups excluding carboxylic acids is 2. The van der Waals surface area contributed by atoms with Gasteiger partial charge in [0.2, 0.25) is 0 Å². The van der Waals surface area contributed by atoms with Gasteiger partial charge in [0.1, 0.15) is 0 Å². The predicted octanol–water partition coefficient (Wildman–Crippen LogP) is 4.02. The van der Waals surface area contributed by atoms with Gasteiger partial charge in [-0.1, -0.05) is 19.8 Å². The molecule has 0 aliphatic heterocycles. The second-order valence-corrected chi connectivity index (χ2v) is 5.16. The Morgan fingerprint density at radius 2 is 1.57 bits per heavy atom. The van der Waals surface area contributed by atoms with Gasteiger partial charge in [-0.2, -0.15) is 22.0 Å². The summed E-state index contributed by atoms with van der Waals surface area (Å²) in [6.07, 6.45) is -3.67. The van der Waals surface area contributed by atoms with E-state index in [2.05, 4.69) is 4.74 Å². The summed E-state index contributed by atoms with van der Waals surface area (Å²) in [6.45, 7) is 1.60. The molecule has 0 radical (unpaired) electrons. The van der Waals surface area contributed by atoms with Crippen molar-refractivity contribution in [2.75, 3.05) is 6.61 Å². The van der Waals surface area contributed by atoms with E-state index in [4.69, 9.17) is 4.74 Å². The molecular formula is C14H21F5O4. The Bertz CT molecular complexity index is 382. The molecule has 0 bridgehead atoms. The average molecular weight is 348 g/mol. The summed E-state index contributed by atoms with van der Waals surface area (Å²) < 4.78 is 69.4. The Balaban J connectivity index is 3.99. The van der Waals surface area contributed by atoms with Gasteiger partial charge in [-0.3, -0.25) is 9.59 Å². The molecule has 0 saturated carbocycles. The molecule has 0 rings (SSSR count). The molecule has 0 spiro atoms. The fourth-order valence-corrected chi connectivity index (χ4v) is 1.55. The summed E-state index contributed by atoms with van der Waals surface area (Å²) in [5.74, 6) is -7.16. The lowest BCUT2D eigenvalue weighted by atomic mass is 10.1. The zero-order chi connectivity index (χ0) is 18.1. The van der Waals surface area contributed by atoms with Crippen molar-refractivity contribution in [3.05, 3.63) is 0 Å². The van der Waals surface area contributed by atoms with Crippen LogP contribution in [-0.4, -0.2) is 36.7 Å². The minimum atomic E-state index is -5.79. The number of ether oxygens (including phenoxy) is 2. The second kappa shape index (κ2) is 9.67. The van der Waals surface area contributed by atoms with Crippen LogP contribution < -0.4 is 0 Å². The number of hydrogen-bond donors (Lipinski definition) is 0. The standard InChI is InChI=1S/C14H21F5O4/c1-3-4-5-6-10(2)23-12(21)8-7-11(20)22-9-13(15,16)14(17,18)19/h10H,3-9H2,1-2H3. The lowest BCUT2D eigenvalue weighted by molar-refractivity contribution is -0.294. The third kappa shape index (κ3) is 9.35. The van der Waals surface area contributed by atoms with Gasteiger partial charge in [-0.05, 0) is 19.8 Å². The van der Waals surface area contributed by atoms with Gasteiger partial charge in [0, 0.05) is 0 Å². The Labute approximate surface area is 131 Å². The zero-order valence-corrected chi connectivity index (χ0v) is 13.0. The maximum absolute atomic E-state index is 12.5. The highest BCUT2D eigenvalue weighted by molar-refractivity contribution is 5.77. The topological polar surface area (TPSA) is 52.6 Å². The third-order valence-corrected chi connectivity index (χ3v) is 2.91. The van der Waals surface area contributed by atoms with Gasteiger partial charge in [0.05, 0.1) is 18.9 Å². The molecule has 1 unspecified atom stereocenters. The van der Waals surface area contributed by atoms with Crippen molar-refractivity contribution < 1.29 is 41.0 Å². The van der Waals surface area contributed by atoms with Gasteiger partial charge in [-0.25, -0.2) is 0 Å². The number of alkyl halides is 5. The summed E-state index contributed by atoms with van der Waals surface area (Å²) >= 11 is 0. The highest BCUT2D eigenvalue weighted by Gasteiger charge is 2.58. The van der Waals surface area contributed by atoms with Gasteiger partial charge in [0.15, 0.2) is 6.61 Å². The van der Waals surface area contributed by atoms with Crippen molar-refractivity contribution in [2.45, 2.75) is 70.6 Å². The van der Waals surface area contributed by atoms with Crippen LogP contribution in [0, 0.1) is 0 Å². The average Bonchev–Trinajstić information content (AvgIpc) is 2.42. The molecule has 0 heterocycles. The molecule has 9 heteroatoms. The number of hydrogen-bond acceptors (Lipinski definition) is 4. The fourth-order valence-electron chi connectivity index (χ4n) is 1.55. The van der Waals surface area contributed by atoms with Crippen molar-refractivity contribution >= 4 is 11.9 Å². The van der Waals surface area contributed by atoms with Crippen LogP contribution in [0.25, 0.3) is 0 Å². The highest BCUT2D eigenvalue weighted by atomic mass is 19.4. The summed E-state index contributed by atoms with van der Waals surface area (Å²) in [6, 6.07) is 0. The van der Waals surface area contributed by atoms with Crippen LogP contribution in [-0.2, 0) is 19.1 Å². The molecule has 0 saturated heterocycles. The van der Waals surface area contributed by atoms with E-state index in [0.29, 0.717) is 6.42 Å². The number of esters is 2. The van der Waals surface area contributed by atoms with Crippen molar-refractivity contribution in [3.8, 4) is 0 Å². The van der Waals surface area contributed by atoms with E-state index in [1.165, 1.54) is 0 Å². The van der Waals surface area contributed by atoms with Crippen molar-refractivity contribution in [1.29, 1.82) is 0 Å². The van der Waals surface area contributed by atoms with E-state index in [0.717, 1.165) is 19.3 Å². The number of rotatable bonds is 10. The van der Waals surface area contributed by atoms with Gasteiger partial charge < -0.3 is 9.47 Å². The first kappa shape index (κ1) is 21.6. The minimum Gasteiger partial charge on any atom is -0.463 e. The molecule has 0 aromatic carbocycles. The van der Waals surface area contributed by atoms with Gasteiger partial charge >= 0.3 is 24.0 Å². The van der Waals surface area contributed by atoms with E-state index in [9.17, 15) is 31.5 Å². The molecule has 23 heavy (non-hydrogen) atoms. The monoisotopic (exact) mass is 348 g/mol. The lowest BCUT2D eigenvalue weighted by Gasteiger charge is -2.19. The molecule has 0 aliphatic carbocycles. The molecule has 0 aromatic heterocycles. The Kier molecular flexibility index (Phi) is 9.07. The predicted molar refractivity (Wildman–Crippen MR) is 70.9 cm³/mol. The molecule has 0 fully saturated rings. The maximum Gasteiger partial charge on any atom is 0.456 e. The van der Waals surface area contributed by atoms with E-state index in [-0.39, 0.29) is 6.10 Å². The molecule has 0 aromatic rings. The first-order valence-corrected chi connectivity index (χ1v) is 7.29. The zero-order valence-electron chi connectivity index (χ0n) is 13.0. The molecule has 0 aliphatic rings. The fraction of sp³-hybridized carbons (Fsp3) is 0.857. The Hall–Kier alpha value is -1.41. The van der Waals surface area contributed by atoms with Crippen molar-refractivity contribution in [3.63, 3.8) is 0 Å². The molecular weight excluding hydrogens is 327 g/mol. The molecule has 1 atom stereocenters. The van der Waals surface area contributed by atoms with E-state index in [1.54, 1.807) is 6.92 Å². The van der Waals surface area contributed by atoms with Crippen molar-refractivity contribution in [1.82, 2.24) is 0 Å². The van der Waals surface area contributed by atoms with Crippen LogP contribution in [0.5, 0.6) is 0 Å². The molecule has 4 nitrogen and oxygen atoms in total. The quantitative estimate of drug-likeness (QED) is 0.340. The van der Waals surface area contributed by atoms with E-state index < -0.39 is 43.5 Å². The van der Waals surface area contributed by atoms with Crippen molar-refractivity contribution in [2.24, 2.45) is 0 Å². The smallest absolute Gasteiger partial charge is 0.456 e. The van der Waals surface area contributed by atoms with Crippen LogP contribution in [0.15, 0.2) is 0 Å². The first-order valence-electron chi connectivity index (χ1n) is 7.29. The van der Waals surface area contributed by atoms with Crippen LogP contribution in [0.2, 0.25) is 0 Å². The number of halogens is 5. The minimum absolute atomic E-state index is 0.348. The summed E-state index contributed by atoms with van der Waals surface area (Å²) in [5, 5.41) is 0. The molecule has 0 N–H and O–H groups in total. The highest BCUT2D eigenvalue weighted by Crippen LogP contribution is 2.35. The van der Waals surface area contributed by atoms with Gasteiger partial charge in [-0.15, -0.1) is 0 Å². The SMILES string of the molecule is CCCCCC(C)OC(=O)CCC(=O)OCC(F)(F)C(F)(F)F. The van der Waals surface area contributed by atoms with Crippen LogP contribution in [0.3, 0.4) is 0 Å². The van der Waals surface area contributed by atoms with Gasteiger partial charge in [0.25, 0.3) is 0 Å². The first-order chi connectivity index (χ1) is 10.5. The molecule has 136 valence electrons. The molecule has 0 amide bonds. The van der Waals surface area contributed by atoms with Crippen LogP contribution in [0.1, 0.15) is 52.4 Å². The van der Waals surface area contributed by atoms with E-state index >= 15 is 0 Å². The largest absolute Gasteiger partial charge is 0.463 e. The maximum atomic E-state index is 12.5. The lowest BCUT2D eigenvalue weighted by Crippen LogP contribution is -2.41. The third-order valence-electron chi connectivity index (χ3n) is 2.91. The van der Waals surface area contributed by atoms with E-state index in [1.807, 2.05) is 6.92 Å². The summed E-state index contributed by atoms with van der Waals surface area (Å²) in [4.78, 5) is 22.5. The summed E-state index contributed by atoms with van der Waals surface area (Å²) in [7, 11) is 0. The van der Waals surface area contributed by atoms with Crippen LogP contribution >= 0.6 is 0 Å². The second-order valence-electron chi connectivity index (χ2n) is 5.16.